The Morgan fingerprint density at radius 1 is 1.42 bits per heavy atom. The van der Waals surface area contributed by atoms with E-state index >= 15 is 0 Å². The van der Waals surface area contributed by atoms with Crippen LogP contribution in [0.15, 0.2) is 40.0 Å². The molecule has 1 aliphatic heterocycles. The van der Waals surface area contributed by atoms with Gasteiger partial charge in [-0.15, -0.1) is 12.4 Å². The summed E-state index contributed by atoms with van der Waals surface area (Å²) in [6.45, 7) is 3.55. The first-order valence-electron chi connectivity index (χ1n) is 5.46. The van der Waals surface area contributed by atoms with Gasteiger partial charge in [0.1, 0.15) is 16.9 Å². The zero-order chi connectivity index (χ0) is 13.3. The summed E-state index contributed by atoms with van der Waals surface area (Å²) in [5.41, 5.74) is 5.22. The minimum Gasteiger partial charge on any atom is -0.467 e. The third-order valence-corrected chi connectivity index (χ3v) is 2.71. The van der Waals surface area contributed by atoms with Gasteiger partial charge in [-0.1, -0.05) is 6.08 Å². The van der Waals surface area contributed by atoms with Crippen molar-refractivity contribution in [2.75, 3.05) is 0 Å². The summed E-state index contributed by atoms with van der Waals surface area (Å²) < 4.78 is 10.5. The fraction of sp³-hybridized carbons (Fsp3) is 0.231. The summed E-state index contributed by atoms with van der Waals surface area (Å²) in [6.07, 6.45) is 4.96. The number of hydrogen-bond donors (Lipinski definition) is 2. The van der Waals surface area contributed by atoms with Crippen LogP contribution in [0.25, 0.3) is 6.08 Å². The van der Waals surface area contributed by atoms with Crippen molar-refractivity contribution in [1.82, 2.24) is 0 Å². The van der Waals surface area contributed by atoms with E-state index < -0.39 is 11.5 Å². The van der Waals surface area contributed by atoms with Gasteiger partial charge in [-0.05, 0) is 32.1 Å². The summed E-state index contributed by atoms with van der Waals surface area (Å²) in [7, 11) is 0. The van der Waals surface area contributed by atoms with Gasteiger partial charge in [-0.25, -0.2) is 0 Å². The fourth-order valence-corrected chi connectivity index (χ4v) is 1.86. The quantitative estimate of drug-likeness (QED) is 0.891. The molecule has 0 atom stereocenters. The summed E-state index contributed by atoms with van der Waals surface area (Å²) in [5.74, 6) is -0.197. The lowest BCUT2D eigenvalue weighted by Gasteiger charge is -2.19. The molecule has 5 nitrogen and oxygen atoms in total. The highest BCUT2D eigenvalue weighted by atomic mass is 35.5. The van der Waals surface area contributed by atoms with Crippen LogP contribution >= 0.6 is 12.4 Å². The number of halogens is 1. The molecule has 1 aliphatic rings. The average molecular weight is 283 g/mol. The molecule has 0 aliphatic carbocycles. The number of primary amides is 1. The van der Waals surface area contributed by atoms with Crippen LogP contribution < -0.4 is 5.73 Å². The monoisotopic (exact) mass is 282 g/mol. The molecule has 2 heterocycles. The van der Waals surface area contributed by atoms with Crippen LogP contribution in [0.1, 0.15) is 19.6 Å². The van der Waals surface area contributed by atoms with E-state index in [0.29, 0.717) is 11.3 Å². The lowest BCUT2D eigenvalue weighted by molar-refractivity contribution is -0.114. The highest BCUT2D eigenvalue weighted by Crippen LogP contribution is 2.33. The molecule has 0 aromatic carbocycles. The third-order valence-electron chi connectivity index (χ3n) is 2.71. The van der Waals surface area contributed by atoms with E-state index in [1.54, 1.807) is 44.4 Å². The van der Waals surface area contributed by atoms with E-state index in [1.807, 2.05) is 0 Å². The van der Waals surface area contributed by atoms with Crippen LogP contribution in [-0.4, -0.2) is 17.4 Å². The van der Waals surface area contributed by atoms with Crippen LogP contribution in [-0.2, 0) is 9.53 Å². The van der Waals surface area contributed by atoms with Crippen molar-refractivity contribution in [3.8, 4) is 0 Å². The van der Waals surface area contributed by atoms with Gasteiger partial charge >= 0.3 is 0 Å². The van der Waals surface area contributed by atoms with E-state index in [2.05, 4.69) is 0 Å². The molecule has 0 unspecified atom stereocenters. The fourth-order valence-electron chi connectivity index (χ4n) is 1.86. The molecular weight excluding hydrogens is 268 g/mol. The minimum absolute atomic E-state index is 0. The van der Waals surface area contributed by atoms with Gasteiger partial charge in [-0.3, -0.25) is 10.2 Å². The number of nitrogens with one attached hydrogen (secondary N) is 1. The lowest BCUT2D eigenvalue weighted by atomic mass is 9.94. The molecule has 0 saturated carbocycles. The maximum absolute atomic E-state index is 11.4. The van der Waals surface area contributed by atoms with Crippen molar-refractivity contribution in [3.05, 3.63) is 41.4 Å². The Morgan fingerprint density at radius 2 is 2.11 bits per heavy atom. The number of hydrogen-bond acceptors (Lipinski definition) is 4. The number of nitrogens with two attached hydrogens (primary N) is 1. The molecule has 1 aromatic rings. The molecule has 0 radical (unpaired) electrons. The highest BCUT2D eigenvalue weighted by molar-refractivity contribution is 6.19. The predicted octanol–water partition coefficient (Wildman–Crippen LogP) is 2.28. The zero-order valence-electron chi connectivity index (χ0n) is 10.6. The van der Waals surface area contributed by atoms with Crippen molar-refractivity contribution in [2.24, 2.45) is 5.73 Å². The number of furan rings is 1. The molecule has 2 rings (SSSR count). The Morgan fingerprint density at radius 3 is 2.63 bits per heavy atom. The van der Waals surface area contributed by atoms with Gasteiger partial charge in [0.25, 0.3) is 5.91 Å². The second-order valence-electron chi connectivity index (χ2n) is 4.44. The van der Waals surface area contributed by atoms with Gasteiger partial charge in [-0.2, -0.15) is 0 Å². The molecule has 0 saturated heterocycles. The number of rotatable bonds is 3. The van der Waals surface area contributed by atoms with Gasteiger partial charge in [0, 0.05) is 5.57 Å². The summed E-state index contributed by atoms with van der Waals surface area (Å²) in [5, 5.41) is 7.64. The molecular formula is C13H15ClN2O3. The van der Waals surface area contributed by atoms with Gasteiger partial charge < -0.3 is 14.9 Å². The predicted molar refractivity (Wildman–Crippen MR) is 74.1 cm³/mol. The van der Waals surface area contributed by atoms with Crippen molar-refractivity contribution in [3.63, 3.8) is 0 Å². The number of amides is 1. The highest BCUT2D eigenvalue weighted by Gasteiger charge is 2.39. The standard InChI is InChI=1S/C13H14N2O3.ClH/c1-13(2)9(6-5-8-4-3-7-17-8)10(11(14)16)12(15)18-13;/h3-7,15H,1-2H3,(H2,14,16);1H. The van der Waals surface area contributed by atoms with E-state index in [4.69, 9.17) is 20.3 Å². The Balaban J connectivity index is 0.00000180. The smallest absolute Gasteiger partial charge is 0.254 e. The van der Waals surface area contributed by atoms with Crippen molar-refractivity contribution >= 4 is 30.3 Å². The SMILES string of the molecule is CC1(C)OC(=N)C(C(N)=O)=C1C=Cc1ccco1.Cl. The minimum atomic E-state index is -0.745. The van der Waals surface area contributed by atoms with E-state index in [1.165, 1.54) is 0 Å². The van der Waals surface area contributed by atoms with Crippen LogP contribution in [0.3, 0.4) is 0 Å². The second-order valence-corrected chi connectivity index (χ2v) is 4.44. The summed E-state index contributed by atoms with van der Waals surface area (Å²) >= 11 is 0. The van der Waals surface area contributed by atoms with E-state index in [9.17, 15) is 4.79 Å². The van der Waals surface area contributed by atoms with Gasteiger partial charge in [0.05, 0.1) is 6.26 Å². The second kappa shape index (κ2) is 5.32. The Labute approximate surface area is 117 Å². The van der Waals surface area contributed by atoms with E-state index in [0.717, 1.165) is 0 Å². The summed E-state index contributed by atoms with van der Waals surface area (Å²) in [4.78, 5) is 11.4. The first-order valence-corrected chi connectivity index (χ1v) is 5.46. The molecule has 19 heavy (non-hydrogen) atoms. The normalized spacial score (nSPS) is 17.5. The third kappa shape index (κ3) is 2.88. The summed E-state index contributed by atoms with van der Waals surface area (Å²) in [6, 6.07) is 3.55. The first kappa shape index (κ1) is 15.0. The topological polar surface area (TPSA) is 89.3 Å². The van der Waals surface area contributed by atoms with Gasteiger partial charge in [0.15, 0.2) is 0 Å². The van der Waals surface area contributed by atoms with Crippen LogP contribution in [0.2, 0.25) is 0 Å². The maximum Gasteiger partial charge on any atom is 0.254 e. The van der Waals surface area contributed by atoms with Gasteiger partial charge in [0.2, 0.25) is 5.90 Å². The Hall–Kier alpha value is -2.01. The molecule has 6 heteroatoms. The molecule has 3 N–H and O–H groups in total. The largest absolute Gasteiger partial charge is 0.467 e. The van der Waals surface area contributed by atoms with Crippen molar-refractivity contribution in [2.45, 2.75) is 19.4 Å². The van der Waals surface area contributed by atoms with Crippen LogP contribution in [0.5, 0.6) is 0 Å². The van der Waals surface area contributed by atoms with Crippen LogP contribution in [0, 0.1) is 5.41 Å². The van der Waals surface area contributed by atoms with Crippen molar-refractivity contribution in [1.29, 1.82) is 5.41 Å². The molecule has 1 amide bonds. The number of carbonyl (C=O) groups is 1. The maximum atomic E-state index is 11.4. The molecule has 1 aromatic heterocycles. The van der Waals surface area contributed by atoms with Crippen molar-refractivity contribution < 1.29 is 13.9 Å². The molecule has 0 fully saturated rings. The Bertz CT molecular complexity index is 556. The lowest BCUT2D eigenvalue weighted by Crippen LogP contribution is -2.22. The molecule has 0 spiro atoms. The molecule has 0 bridgehead atoms. The number of carbonyl (C=O) groups excluding carboxylic acids is 1. The van der Waals surface area contributed by atoms with Crippen LogP contribution in [0.4, 0.5) is 0 Å². The number of ether oxygens (including phenoxy) is 1. The zero-order valence-corrected chi connectivity index (χ0v) is 11.4. The average Bonchev–Trinajstić information content (AvgIpc) is 2.80. The molecule has 102 valence electrons. The van der Waals surface area contributed by atoms with E-state index in [-0.39, 0.29) is 23.9 Å². The first-order chi connectivity index (χ1) is 8.42. The Kier molecular flexibility index (Phi) is 4.21.